The van der Waals surface area contributed by atoms with Crippen molar-refractivity contribution >= 4 is 28.5 Å². The number of likely N-dealkylation sites (tertiary alicyclic amines) is 1. The largest absolute Gasteiger partial charge is 0.504 e. The Morgan fingerprint density at radius 2 is 1.68 bits per heavy atom. The molecule has 7 nitrogen and oxygen atoms in total. The quantitative estimate of drug-likeness (QED) is 0.281. The Labute approximate surface area is 246 Å². The van der Waals surface area contributed by atoms with Crippen molar-refractivity contribution in [3.63, 3.8) is 0 Å². The number of piperidine rings is 2. The number of para-hydroxylation sites is 2. The number of hydrogen-bond donors (Lipinski definition) is 1. The lowest BCUT2D eigenvalue weighted by molar-refractivity contribution is 0.0492. The van der Waals surface area contributed by atoms with E-state index in [-0.39, 0.29) is 23.4 Å². The number of carbonyl (C=O) groups is 1. The predicted molar refractivity (Wildman–Crippen MR) is 162 cm³/mol. The van der Waals surface area contributed by atoms with Crippen molar-refractivity contribution in [3.05, 3.63) is 76.6 Å². The Hall–Kier alpha value is -3.23. The van der Waals surface area contributed by atoms with Gasteiger partial charge in [0.05, 0.1) is 22.0 Å². The van der Waals surface area contributed by atoms with Gasteiger partial charge >= 0.3 is 0 Å². The maximum atomic E-state index is 13.6. The number of rotatable bonds is 6. The van der Waals surface area contributed by atoms with Crippen LogP contribution < -0.4 is 0 Å². The second kappa shape index (κ2) is 10.9. The van der Waals surface area contributed by atoms with Crippen molar-refractivity contribution in [1.29, 1.82) is 0 Å². The molecule has 1 amide bonds. The first-order valence-electron chi connectivity index (χ1n) is 15.2. The average Bonchev–Trinajstić information content (AvgIpc) is 3.59. The molecule has 0 spiro atoms. The molecule has 3 aliphatic rings. The van der Waals surface area contributed by atoms with Crippen molar-refractivity contribution in [1.82, 2.24) is 23.7 Å². The molecule has 41 heavy (non-hydrogen) atoms. The third-order valence-corrected chi connectivity index (χ3v) is 10.7. The molecule has 3 aliphatic heterocycles. The SMILES string of the molecule is Cc1snc(C(=O)N2CCC(CCN3[C@@H]4CC[C@H]3CC(n3c(C)nc5ccccc53)C4)CC2c2ccccc2)c1O. The van der Waals surface area contributed by atoms with Crippen molar-refractivity contribution < 1.29 is 9.90 Å². The highest BCUT2D eigenvalue weighted by molar-refractivity contribution is 7.06. The fraction of sp³-hybridized carbons (Fsp3) is 0.485. The number of carbonyl (C=O) groups excluding carboxylic acids is 1. The Kier molecular flexibility index (Phi) is 7.07. The summed E-state index contributed by atoms with van der Waals surface area (Å²) in [5, 5.41) is 10.5. The zero-order valence-corrected chi connectivity index (χ0v) is 24.8. The number of nitrogens with zero attached hydrogens (tertiary/aromatic N) is 5. The smallest absolute Gasteiger partial charge is 0.277 e. The van der Waals surface area contributed by atoms with Gasteiger partial charge < -0.3 is 14.6 Å². The number of benzene rings is 2. The number of fused-ring (bicyclic) bond motifs is 3. The van der Waals surface area contributed by atoms with Crippen LogP contribution in [0, 0.1) is 19.8 Å². The van der Waals surface area contributed by atoms with Crippen LogP contribution in [-0.2, 0) is 0 Å². The minimum atomic E-state index is -0.151. The lowest BCUT2D eigenvalue weighted by atomic mass is 9.84. The molecule has 2 bridgehead atoms. The highest BCUT2D eigenvalue weighted by atomic mass is 32.1. The van der Waals surface area contributed by atoms with Crippen LogP contribution in [0.15, 0.2) is 54.6 Å². The molecule has 4 aromatic rings. The zero-order chi connectivity index (χ0) is 28.1. The van der Waals surface area contributed by atoms with E-state index in [2.05, 4.69) is 69.3 Å². The Balaban J connectivity index is 1.03. The maximum Gasteiger partial charge on any atom is 0.277 e. The second-order valence-corrected chi connectivity index (χ2v) is 13.3. The molecule has 0 aliphatic carbocycles. The molecule has 2 aromatic heterocycles. The van der Waals surface area contributed by atoms with Crippen LogP contribution in [0.3, 0.4) is 0 Å². The summed E-state index contributed by atoms with van der Waals surface area (Å²) in [6.07, 6.45) is 8.10. The van der Waals surface area contributed by atoms with Crippen LogP contribution in [0.25, 0.3) is 11.0 Å². The van der Waals surface area contributed by atoms with Crippen LogP contribution in [-0.4, -0.2) is 59.9 Å². The van der Waals surface area contributed by atoms with E-state index in [0.29, 0.717) is 35.5 Å². The molecule has 1 N–H and O–H groups in total. The molecule has 7 rings (SSSR count). The Morgan fingerprint density at radius 3 is 2.41 bits per heavy atom. The van der Waals surface area contributed by atoms with Gasteiger partial charge in [0.25, 0.3) is 5.91 Å². The molecule has 2 aromatic carbocycles. The van der Waals surface area contributed by atoms with Crippen LogP contribution >= 0.6 is 11.5 Å². The first-order valence-corrected chi connectivity index (χ1v) is 16.0. The Bertz CT molecular complexity index is 1530. The molecular formula is C33H39N5O2S. The van der Waals surface area contributed by atoms with Gasteiger partial charge in [0, 0.05) is 24.7 Å². The van der Waals surface area contributed by atoms with E-state index in [0.717, 1.165) is 37.1 Å². The number of hydrogen-bond acceptors (Lipinski definition) is 6. The van der Waals surface area contributed by atoms with E-state index in [1.54, 1.807) is 6.92 Å². The molecule has 0 radical (unpaired) electrons. The van der Waals surface area contributed by atoms with Crippen molar-refractivity contribution in [2.75, 3.05) is 13.1 Å². The highest BCUT2D eigenvalue weighted by Gasteiger charge is 2.42. The van der Waals surface area contributed by atoms with Crippen molar-refractivity contribution in [3.8, 4) is 5.75 Å². The third kappa shape index (κ3) is 4.85. The van der Waals surface area contributed by atoms with E-state index >= 15 is 0 Å². The van der Waals surface area contributed by atoms with Gasteiger partial charge in [0.1, 0.15) is 5.82 Å². The van der Waals surface area contributed by atoms with E-state index in [1.165, 1.54) is 48.3 Å². The zero-order valence-electron chi connectivity index (χ0n) is 23.9. The highest BCUT2D eigenvalue weighted by Crippen LogP contribution is 2.44. The van der Waals surface area contributed by atoms with Crippen molar-refractivity contribution in [2.45, 2.75) is 83.0 Å². The fourth-order valence-corrected chi connectivity index (χ4v) is 8.53. The van der Waals surface area contributed by atoms with E-state index < -0.39 is 0 Å². The van der Waals surface area contributed by atoms with Crippen LogP contribution in [0.2, 0.25) is 0 Å². The Morgan fingerprint density at radius 1 is 0.951 bits per heavy atom. The summed E-state index contributed by atoms with van der Waals surface area (Å²) in [6.45, 7) is 5.80. The molecule has 5 atom stereocenters. The number of amides is 1. The van der Waals surface area contributed by atoms with Crippen molar-refractivity contribution in [2.24, 2.45) is 5.92 Å². The minimum Gasteiger partial charge on any atom is -0.504 e. The molecule has 3 fully saturated rings. The molecule has 3 saturated heterocycles. The van der Waals surface area contributed by atoms with E-state index in [4.69, 9.17) is 4.98 Å². The number of aromatic nitrogens is 3. The first kappa shape index (κ1) is 26.7. The standard InChI is InChI=1S/C33H39N5O2S/c1-21-32(39)31(35-41-21)33(40)37-17-15-23(18-30(37)24-8-4-3-5-9-24)14-16-36-25-12-13-26(36)20-27(19-25)38-22(2)34-28-10-6-7-11-29(28)38/h3-11,23,25-27,30,39H,12-20H2,1-2H3/t23?,25-,26+,27?,30?. The summed E-state index contributed by atoms with van der Waals surface area (Å²) in [5.74, 6) is 1.58. The van der Waals surface area contributed by atoms with Gasteiger partial charge in [-0.2, -0.15) is 4.37 Å². The van der Waals surface area contributed by atoms with Gasteiger partial charge in [-0.3, -0.25) is 9.69 Å². The molecular weight excluding hydrogens is 530 g/mol. The minimum absolute atomic E-state index is 0.00353. The summed E-state index contributed by atoms with van der Waals surface area (Å²) < 4.78 is 6.80. The van der Waals surface area contributed by atoms with E-state index in [1.807, 2.05) is 11.0 Å². The lowest BCUT2D eigenvalue weighted by Crippen LogP contribution is -2.45. The summed E-state index contributed by atoms with van der Waals surface area (Å²) in [5.41, 5.74) is 3.75. The van der Waals surface area contributed by atoms with Crippen LogP contribution in [0.5, 0.6) is 5.75 Å². The average molecular weight is 570 g/mol. The summed E-state index contributed by atoms with van der Waals surface area (Å²) >= 11 is 1.19. The maximum absolute atomic E-state index is 13.6. The van der Waals surface area contributed by atoms with Gasteiger partial charge in [0.15, 0.2) is 11.4 Å². The number of aromatic hydroxyl groups is 1. The fourth-order valence-electron chi connectivity index (χ4n) is 7.96. The van der Waals surface area contributed by atoms with Gasteiger partial charge in [-0.25, -0.2) is 4.98 Å². The molecule has 8 heteroatoms. The first-order chi connectivity index (χ1) is 20.0. The van der Waals surface area contributed by atoms with Gasteiger partial charge in [-0.1, -0.05) is 42.5 Å². The van der Waals surface area contributed by atoms with E-state index in [9.17, 15) is 9.90 Å². The third-order valence-electron chi connectivity index (χ3n) is 9.98. The summed E-state index contributed by atoms with van der Waals surface area (Å²) in [6, 6.07) is 20.8. The van der Waals surface area contributed by atoms with Gasteiger partial charge in [-0.05, 0) is 100 Å². The van der Waals surface area contributed by atoms with Gasteiger partial charge in [0.2, 0.25) is 0 Å². The predicted octanol–water partition coefficient (Wildman–Crippen LogP) is 6.67. The van der Waals surface area contributed by atoms with Crippen LogP contribution in [0.4, 0.5) is 0 Å². The molecule has 5 heterocycles. The monoisotopic (exact) mass is 569 g/mol. The molecule has 214 valence electrons. The topological polar surface area (TPSA) is 74.5 Å². The molecule has 0 saturated carbocycles. The normalized spacial score (nSPS) is 26.6. The second-order valence-electron chi connectivity index (χ2n) is 12.3. The van der Waals surface area contributed by atoms with Crippen LogP contribution in [0.1, 0.15) is 83.8 Å². The van der Waals surface area contributed by atoms with Gasteiger partial charge in [-0.15, -0.1) is 0 Å². The number of aryl methyl sites for hydroxylation is 2. The molecule has 3 unspecified atom stereocenters. The summed E-state index contributed by atoms with van der Waals surface area (Å²) in [4.78, 5) is 23.9. The lowest BCUT2D eigenvalue weighted by Gasteiger charge is -2.42. The summed E-state index contributed by atoms with van der Waals surface area (Å²) in [7, 11) is 0. The number of imidazole rings is 1.